The van der Waals surface area contributed by atoms with Gasteiger partial charge in [0.25, 0.3) is 0 Å². The number of aryl methyl sites for hydroxylation is 1. The summed E-state index contributed by atoms with van der Waals surface area (Å²) < 4.78 is 40.3. The van der Waals surface area contributed by atoms with Gasteiger partial charge in [0, 0.05) is 22.4 Å². The fourth-order valence-electron chi connectivity index (χ4n) is 2.31. The zero-order chi connectivity index (χ0) is 18.7. The third kappa shape index (κ3) is 4.20. The van der Waals surface area contributed by atoms with E-state index in [9.17, 15) is 18.0 Å². The van der Waals surface area contributed by atoms with Gasteiger partial charge in [0.15, 0.2) is 4.80 Å². The average molecular weight is 377 g/mol. The summed E-state index contributed by atoms with van der Waals surface area (Å²) in [5.74, 6) is 0. The number of amides is 2. The van der Waals surface area contributed by atoms with Gasteiger partial charge in [0.1, 0.15) is 0 Å². The molecule has 134 valence electrons. The minimum Gasteiger partial charge on any atom is -0.306 e. The van der Waals surface area contributed by atoms with Crippen LogP contribution in [0, 0.1) is 6.92 Å². The number of carbonyl (C=O) groups excluding carboxylic acids is 1. The van der Waals surface area contributed by atoms with Crippen molar-refractivity contribution in [3.05, 3.63) is 76.0 Å². The van der Waals surface area contributed by atoms with E-state index in [2.05, 4.69) is 10.3 Å². The second-order valence-electron chi connectivity index (χ2n) is 5.45. The summed E-state index contributed by atoms with van der Waals surface area (Å²) in [6.45, 7) is 1.79. The number of thiazole rings is 1. The Morgan fingerprint density at radius 3 is 2.54 bits per heavy atom. The lowest BCUT2D eigenvalue weighted by atomic mass is 10.2. The number of alkyl halides is 3. The molecule has 3 rings (SSSR count). The predicted molar refractivity (Wildman–Crippen MR) is 94.4 cm³/mol. The summed E-state index contributed by atoms with van der Waals surface area (Å²) in [6, 6.07) is 13.1. The number of urea groups is 1. The third-order valence-corrected chi connectivity index (χ3v) is 4.34. The van der Waals surface area contributed by atoms with Crippen LogP contribution in [-0.2, 0) is 6.18 Å². The summed E-state index contributed by atoms with van der Waals surface area (Å²) in [7, 11) is 0. The molecule has 3 aromatic rings. The van der Waals surface area contributed by atoms with Crippen molar-refractivity contribution in [3.8, 4) is 5.69 Å². The van der Waals surface area contributed by atoms with E-state index in [0.29, 0.717) is 5.69 Å². The number of benzene rings is 2. The van der Waals surface area contributed by atoms with Gasteiger partial charge in [-0.3, -0.25) is 4.57 Å². The zero-order valence-corrected chi connectivity index (χ0v) is 14.4. The molecular weight excluding hydrogens is 363 g/mol. The van der Waals surface area contributed by atoms with Gasteiger partial charge >= 0.3 is 12.2 Å². The minimum atomic E-state index is -4.44. The van der Waals surface area contributed by atoms with Crippen LogP contribution in [0.3, 0.4) is 0 Å². The van der Waals surface area contributed by atoms with E-state index in [-0.39, 0.29) is 10.5 Å². The predicted octanol–water partition coefficient (Wildman–Crippen LogP) is 5.00. The van der Waals surface area contributed by atoms with Crippen LogP contribution in [0.4, 0.5) is 23.7 Å². The van der Waals surface area contributed by atoms with E-state index in [1.54, 1.807) is 37.4 Å². The highest BCUT2D eigenvalue weighted by molar-refractivity contribution is 7.09. The molecule has 1 aromatic heterocycles. The van der Waals surface area contributed by atoms with E-state index in [0.717, 1.165) is 17.0 Å². The van der Waals surface area contributed by atoms with Crippen LogP contribution in [-0.4, -0.2) is 10.6 Å². The number of anilines is 1. The highest BCUT2D eigenvalue weighted by atomic mass is 32.1. The first-order valence-corrected chi connectivity index (χ1v) is 8.42. The summed E-state index contributed by atoms with van der Waals surface area (Å²) in [6.07, 6.45) is -2.79. The number of aromatic nitrogens is 1. The molecule has 4 nitrogen and oxygen atoms in total. The van der Waals surface area contributed by atoms with E-state index in [1.807, 2.05) is 6.07 Å². The fraction of sp³-hybridized carbons (Fsp3) is 0.111. The Kier molecular flexibility index (Phi) is 4.94. The van der Waals surface area contributed by atoms with Crippen molar-refractivity contribution in [1.29, 1.82) is 0 Å². The number of nitrogens with one attached hydrogen (secondary N) is 1. The molecule has 0 aliphatic heterocycles. The van der Waals surface area contributed by atoms with Crippen molar-refractivity contribution in [2.75, 3.05) is 5.32 Å². The standard InChI is InChI=1S/C18H14F3N3OS/c1-12-11-24(15-9-5-6-13(10-15)18(19,20)21)17(26-12)23-16(25)22-14-7-3-2-4-8-14/h2-11H,1H3,(H,22,25). The number of hydrogen-bond acceptors (Lipinski definition) is 2. The number of halogens is 3. The van der Waals surface area contributed by atoms with Gasteiger partial charge in [0.05, 0.1) is 5.56 Å². The summed E-state index contributed by atoms with van der Waals surface area (Å²) in [5.41, 5.74) is 0.113. The molecular formula is C18H14F3N3OS. The molecule has 0 bridgehead atoms. The molecule has 2 amide bonds. The number of nitrogens with zero attached hydrogens (tertiary/aromatic N) is 2. The first-order valence-electron chi connectivity index (χ1n) is 7.60. The Balaban J connectivity index is 1.97. The third-order valence-electron chi connectivity index (χ3n) is 3.44. The van der Waals surface area contributed by atoms with Gasteiger partial charge in [-0.15, -0.1) is 11.3 Å². The lowest BCUT2D eigenvalue weighted by molar-refractivity contribution is -0.137. The molecule has 0 atom stereocenters. The lowest BCUT2D eigenvalue weighted by Gasteiger charge is -2.09. The van der Waals surface area contributed by atoms with Gasteiger partial charge in [-0.25, -0.2) is 4.79 Å². The van der Waals surface area contributed by atoms with Gasteiger partial charge in [-0.2, -0.15) is 18.2 Å². The molecule has 1 N–H and O–H groups in total. The molecule has 0 aliphatic carbocycles. The molecule has 0 radical (unpaired) electrons. The maximum atomic E-state index is 12.9. The first-order chi connectivity index (χ1) is 12.3. The van der Waals surface area contributed by atoms with Crippen molar-refractivity contribution in [3.63, 3.8) is 0 Å². The molecule has 0 unspecified atom stereocenters. The molecule has 0 aliphatic rings. The molecule has 2 aromatic carbocycles. The van der Waals surface area contributed by atoms with Crippen LogP contribution in [0.2, 0.25) is 0 Å². The average Bonchev–Trinajstić information content (AvgIpc) is 2.95. The second-order valence-corrected chi connectivity index (χ2v) is 6.66. The normalized spacial score (nSPS) is 12.2. The lowest BCUT2D eigenvalue weighted by Crippen LogP contribution is -2.18. The Morgan fingerprint density at radius 2 is 1.85 bits per heavy atom. The van der Waals surface area contributed by atoms with Crippen molar-refractivity contribution >= 4 is 23.1 Å². The number of hydrogen-bond donors (Lipinski definition) is 1. The van der Waals surface area contributed by atoms with Crippen LogP contribution in [0.1, 0.15) is 10.4 Å². The Labute approximate surface area is 151 Å². The van der Waals surface area contributed by atoms with Gasteiger partial charge in [-0.05, 0) is 37.3 Å². The SMILES string of the molecule is Cc1cn(-c2cccc(C(F)(F)F)c2)c(=NC(=O)Nc2ccccc2)s1. The molecule has 0 spiro atoms. The maximum Gasteiger partial charge on any atom is 0.416 e. The topological polar surface area (TPSA) is 46.4 Å². The van der Waals surface area contributed by atoms with E-state index in [1.165, 1.54) is 28.0 Å². The second kappa shape index (κ2) is 7.17. The number of carbonyl (C=O) groups is 1. The number of rotatable bonds is 2. The molecule has 26 heavy (non-hydrogen) atoms. The number of para-hydroxylation sites is 1. The van der Waals surface area contributed by atoms with Crippen LogP contribution in [0.5, 0.6) is 0 Å². The molecule has 0 fully saturated rings. The fourth-order valence-corrected chi connectivity index (χ4v) is 3.14. The first kappa shape index (κ1) is 17.9. The zero-order valence-electron chi connectivity index (χ0n) is 13.6. The van der Waals surface area contributed by atoms with Crippen LogP contribution in [0.15, 0.2) is 65.8 Å². The largest absolute Gasteiger partial charge is 0.416 e. The van der Waals surface area contributed by atoms with Crippen LogP contribution < -0.4 is 10.1 Å². The quantitative estimate of drug-likeness (QED) is 0.671. The Hall–Kier alpha value is -2.87. The smallest absolute Gasteiger partial charge is 0.306 e. The van der Waals surface area contributed by atoms with Crippen molar-refractivity contribution in [2.24, 2.45) is 4.99 Å². The Bertz CT molecular complexity index is 991. The minimum absolute atomic E-state index is 0.287. The van der Waals surface area contributed by atoms with Crippen LogP contribution >= 0.6 is 11.3 Å². The van der Waals surface area contributed by atoms with E-state index in [4.69, 9.17) is 0 Å². The summed E-state index contributed by atoms with van der Waals surface area (Å²) in [4.78, 5) is 17.2. The van der Waals surface area contributed by atoms with E-state index >= 15 is 0 Å². The van der Waals surface area contributed by atoms with Crippen molar-refractivity contribution in [1.82, 2.24) is 4.57 Å². The highest BCUT2D eigenvalue weighted by Crippen LogP contribution is 2.30. The molecule has 1 heterocycles. The summed E-state index contributed by atoms with van der Waals surface area (Å²) >= 11 is 1.22. The monoisotopic (exact) mass is 377 g/mol. The highest BCUT2D eigenvalue weighted by Gasteiger charge is 2.30. The van der Waals surface area contributed by atoms with Gasteiger partial charge < -0.3 is 5.32 Å². The van der Waals surface area contributed by atoms with Crippen LogP contribution in [0.25, 0.3) is 5.69 Å². The van der Waals surface area contributed by atoms with Crippen molar-refractivity contribution < 1.29 is 18.0 Å². The molecule has 8 heteroatoms. The summed E-state index contributed by atoms with van der Waals surface area (Å²) in [5, 5.41) is 2.62. The van der Waals surface area contributed by atoms with Gasteiger partial charge in [0.2, 0.25) is 0 Å². The molecule has 0 saturated heterocycles. The Morgan fingerprint density at radius 1 is 1.12 bits per heavy atom. The maximum absolute atomic E-state index is 12.9. The van der Waals surface area contributed by atoms with E-state index < -0.39 is 17.8 Å². The van der Waals surface area contributed by atoms with Crippen molar-refractivity contribution in [2.45, 2.75) is 13.1 Å². The van der Waals surface area contributed by atoms with Gasteiger partial charge in [-0.1, -0.05) is 24.3 Å². The molecule has 0 saturated carbocycles.